The minimum atomic E-state index is -0.780. The Labute approximate surface area is 115 Å². The van der Waals surface area contributed by atoms with Crippen LogP contribution in [0.2, 0.25) is 0 Å². The fourth-order valence-corrected chi connectivity index (χ4v) is 2.67. The fourth-order valence-electron chi connectivity index (χ4n) is 2.67. The van der Waals surface area contributed by atoms with Crippen molar-refractivity contribution in [3.05, 3.63) is 0 Å². The van der Waals surface area contributed by atoms with E-state index in [0.29, 0.717) is 31.8 Å². The Kier molecular flexibility index (Phi) is 5.63. The van der Waals surface area contributed by atoms with Crippen molar-refractivity contribution in [2.45, 2.75) is 46.5 Å². The molecule has 0 unspecified atom stereocenters. The van der Waals surface area contributed by atoms with Gasteiger partial charge in [-0.05, 0) is 25.7 Å². The zero-order valence-corrected chi connectivity index (χ0v) is 12.2. The summed E-state index contributed by atoms with van der Waals surface area (Å²) in [6, 6.07) is -0.149. The highest BCUT2D eigenvalue weighted by atomic mass is 16.4. The second-order valence-electron chi connectivity index (χ2n) is 5.88. The van der Waals surface area contributed by atoms with Crippen molar-refractivity contribution in [1.29, 1.82) is 0 Å². The van der Waals surface area contributed by atoms with E-state index >= 15 is 0 Å². The minimum absolute atomic E-state index is 0.149. The predicted octanol–water partition coefficient (Wildman–Crippen LogP) is 2.32. The van der Waals surface area contributed by atoms with Crippen LogP contribution in [0.1, 0.15) is 46.5 Å². The van der Waals surface area contributed by atoms with E-state index in [0.717, 1.165) is 12.8 Å². The first-order valence-corrected chi connectivity index (χ1v) is 7.17. The number of urea groups is 1. The molecule has 110 valence electrons. The van der Waals surface area contributed by atoms with Crippen LogP contribution in [0.15, 0.2) is 0 Å². The van der Waals surface area contributed by atoms with Crippen LogP contribution in [0.5, 0.6) is 0 Å². The molecule has 1 rings (SSSR count). The molecule has 0 aromatic carbocycles. The van der Waals surface area contributed by atoms with Crippen LogP contribution in [0.25, 0.3) is 0 Å². The summed E-state index contributed by atoms with van der Waals surface area (Å²) >= 11 is 0. The standard InChI is InChI=1S/C14H26N2O3/c1-4-16(9-11(2)3)13(19)15-10-14(12(17)18)7-5-6-8-14/h11H,4-10H2,1-3H3,(H,15,19)(H,17,18). The molecule has 19 heavy (non-hydrogen) atoms. The lowest BCUT2D eigenvalue weighted by Crippen LogP contribution is -2.47. The number of nitrogens with one attached hydrogen (secondary N) is 1. The number of rotatable bonds is 6. The van der Waals surface area contributed by atoms with Crippen LogP contribution in [-0.4, -0.2) is 41.6 Å². The maximum atomic E-state index is 12.1. The molecule has 0 aromatic heterocycles. The lowest BCUT2D eigenvalue weighted by molar-refractivity contribution is -0.148. The van der Waals surface area contributed by atoms with Crippen LogP contribution in [-0.2, 0) is 4.79 Å². The zero-order chi connectivity index (χ0) is 14.5. The van der Waals surface area contributed by atoms with Crippen molar-refractivity contribution >= 4 is 12.0 Å². The highest BCUT2D eigenvalue weighted by molar-refractivity contribution is 5.78. The van der Waals surface area contributed by atoms with Gasteiger partial charge in [-0.2, -0.15) is 0 Å². The maximum Gasteiger partial charge on any atom is 0.317 e. The van der Waals surface area contributed by atoms with Crippen LogP contribution in [0.3, 0.4) is 0 Å². The second kappa shape index (κ2) is 6.78. The van der Waals surface area contributed by atoms with Gasteiger partial charge in [0.2, 0.25) is 0 Å². The van der Waals surface area contributed by atoms with E-state index < -0.39 is 11.4 Å². The van der Waals surface area contributed by atoms with Crippen LogP contribution >= 0.6 is 0 Å². The summed E-state index contributed by atoms with van der Waals surface area (Å²) in [4.78, 5) is 25.2. The van der Waals surface area contributed by atoms with Crippen LogP contribution < -0.4 is 5.32 Å². The number of carboxylic acid groups (broad SMARTS) is 1. The van der Waals surface area contributed by atoms with E-state index in [4.69, 9.17) is 0 Å². The van der Waals surface area contributed by atoms with Crippen molar-refractivity contribution in [3.8, 4) is 0 Å². The highest BCUT2D eigenvalue weighted by Crippen LogP contribution is 2.37. The molecule has 0 aliphatic heterocycles. The van der Waals surface area contributed by atoms with Crippen LogP contribution in [0.4, 0.5) is 4.79 Å². The van der Waals surface area contributed by atoms with Gasteiger partial charge in [0.05, 0.1) is 5.41 Å². The first kappa shape index (κ1) is 15.8. The molecule has 1 aliphatic rings. The average Bonchev–Trinajstić information content (AvgIpc) is 2.82. The van der Waals surface area contributed by atoms with Crippen molar-refractivity contribution in [2.75, 3.05) is 19.6 Å². The smallest absolute Gasteiger partial charge is 0.317 e. The lowest BCUT2D eigenvalue weighted by atomic mass is 9.86. The Balaban J connectivity index is 2.54. The van der Waals surface area contributed by atoms with Gasteiger partial charge in [-0.3, -0.25) is 4.79 Å². The third-order valence-electron chi connectivity index (χ3n) is 3.85. The Morgan fingerprint density at radius 1 is 1.32 bits per heavy atom. The molecule has 0 spiro atoms. The second-order valence-corrected chi connectivity index (χ2v) is 5.88. The van der Waals surface area contributed by atoms with Gasteiger partial charge < -0.3 is 15.3 Å². The van der Waals surface area contributed by atoms with Gasteiger partial charge in [0, 0.05) is 19.6 Å². The fraction of sp³-hybridized carbons (Fsp3) is 0.857. The number of amides is 2. The van der Waals surface area contributed by atoms with Gasteiger partial charge in [0.25, 0.3) is 0 Å². The average molecular weight is 270 g/mol. The van der Waals surface area contributed by atoms with Gasteiger partial charge in [0.1, 0.15) is 0 Å². The molecule has 5 nitrogen and oxygen atoms in total. The van der Waals surface area contributed by atoms with Gasteiger partial charge in [-0.1, -0.05) is 26.7 Å². The Morgan fingerprint density at radius 3 is 2.32 bits per heavy atom. The van der Waals surface area contributed by atoms with E-state index in [9.17, 15) is 14.7 Å². The quantitative estimate of drug-likeness (QED) is 0.778. The minimum Gasteiger partial charge on any atom is -0.481 e. The highest BCUT2D eigenvalue weighted by Gasteiger charge is 2.41. The zero-order valence-electron chi connectivity index (χ0n) is 12.2. The van der Waals surface area contributed by atoms with E-state index in [2.05, 4.69) is 19.2 Å². The van der Waals surface area contributed by atoms with Gasteiger partial charge in [0.15, 0.2) is 0 Å². The molecule has 2 amide bonds. The number of carbonyl (C=O) groups excluding carboxylic acids is 1. The molecular weight excluding hydrogens is 244 g/mol. The number of aliphatic carboxylic acids is 1. The summed E-state index contributed by atoms with van der Waals surface area (Å²) in [5.74, 6) is -0.372. The molecule has 0 aromatic rings. The lowest BCUT2D eigenvalue weighted by Gasteiger charge is -2.28. The molecule has 0 radical (unpaired) electrons. The van der Waals surface area contributed by atoms with Gasteiger partial charge in [-0.15, -0.1) is 0 Å². The molecule has 1 saturated carbocycles. The van der Waals surface area contributed by atoms with Gasteiger partial charge in [-0.25, -0.2) is 4.79 Å². The molecule has 0 bridgehead atoms. The number of hydrogen-bond donors (Lipinski definition) is 2. The number of carboxylic acids is 1. The summed E-state index contributed by atoms with van der Waals surface area (Å²) in [7, 11) is 0. The Hall–Kier alpha value is -1.26. The number of nitrogens with zero attached hydrogens (tertiary/aromatic N) is 1. The van der Waals surface area contributed by atoms with Crippen molar-refractivity contribution in [2.24, 2.45) is 11.3 Å². The summed E-state index contributed by atoms with van der Waals surface area (Å²) in [5.41, 5.74) is -0.743. The third kappa shape index (κ3) is 4.11. The Bertz CT molecular complexity index is 323. The first-order chi connectivity index (χ1) is 8.91. The summed E-state index contributed by atoms with van der Waals surface area (Å²) < 4.78 is 0. The topological polar surface area (TPSA) is 69.6 Å². The van der Waals surface area contributed by atoms with E-state index in [1.807, 2.05) is 6.92 Å². The molecular formula is C14H26N2O3. The number of carbonyl (C=O) groups is 2. The van der Waals surface area contributed by atoms with E-state index in [1.54, 1.807) is 4.90 Å². The molecule has 1 aliphatic carbocycles. The predicted molar refractivity (Wildman–Crippen MR) is 74.0 cm³/mol. The van der Waals surface area contributed by atoms with Crippen molar-refractivity contribution in [3.63, 3.8) is 0 Å². The normalized spacial score (nSPS) is 17.5. The largest absolute Gasteiger partial charge is 0.481 e. The molecule has 5 heteroatoms. The summed E-state index contributed by atoms with van der Waals surface area (Å²) in [5, 5.41) is 12.2. The number of hydrogen-bond acceptors (Lipinski definition) is 2. The molecule has 0 saturated heterocycles. The van der Waals surface area contributed by atoms with Crippen LogP contribution in [0, 0.1) is 11.3 Å². The summed E-state index contributed by atoms with van der Waals surface area (Å²) in [6.07, 6.45) is 3.20. The molecule has 2 N–H and O–H groups in total. The summed E-state index contributed by atoms with van der Waals surface area (Å²) in [6.45, 7) is 7.64. The monoisotopic (exact) mass is 270 g/mol. The van der Waals surface area contributed by atoms with E-state index in [1.165, 1.54) is 0 Å². The third-order valence-corrected chi connectivity index (χ3v) is 3.85. The molecule has 1 fully saturated rings. The maximum absolute atomic E-state index is 12.1. The van der Waals surface area contributed by atoms with Gasteiger partial charge >= 0.3 is 12.0 Å². The van der Waals surface area contributed by atoms with Crippen molar-refractivity contribution < 1.29 is 14.7 Å². The van der Waals surface area contributed by atoms with E-state index in [-0.39, 0.29) is 12.6 Å². The van der Waals surface area contributed by atoms with Crippen molar-refractivity contribution in [1.82, 2.24) is 10.2 Å². The molecule has 0 atom stereocenters. The Morgan fingerprint density at radius 2 is 1.89 bits per heavy atom. The molecule has 0 heterocycles. The SMILES string of the molecule is CCN(CC(C)C)C(=O)NCC1(C(=O)O)CCCC1. The first-order valence-electron chi connectivity index (χ1n) is 7.17.